The van der Waals surface area contributed by atoms with E-state index in [1.807, 2.05) is 30.7 Å². The quantitative estimate of drug-likeness (QED) is 0.269. The van der Waals surface area contributed by atoms with E-state index in [1.54, 1.807) is 17.5 Å². The molecule has 6 aromatic rings. The van der Waals surface area contributed by atoms with Crippen LogP contribution in [0.25, 0.3) is 55.3 Å². The number of thiophene rings is 1. The lowest BCUT2D eigenvalue weighted by molar-refractivity contribution is 0.154. The molecule has 0 atom stereocenters. The molecule has 6 heterocycles. The average Bonchev–Trinajstić information content (AvgIpc) is 3.66. The van der Waals surface area contributed by atoms with Gasteiger partial charge < -0.3 is 9.72 Å². The van der Waals surface area contributed by atoms with Gasteiger partial charge in [0.05, 0.1) is 28.1 Å². The Morgan fingerprint density at radius 3 is 2.70 bits per heavy atom. The summed E-state index contributed by atoms with van der Waals surface area (Å²) in [5.74, 6) is 1.48. The van der Waals surface area contributed by atoms with Gasteiger partial charge in [-0.1, -0.05) is 6.42 Å². The molecule has 0 aliphatic heterocycles. The first kappa shape index (κ1) is 22.1. The van der Waals surface area contributed by atoms with E-state index in [9.17, 15) is 0 Å². The van der Waals surface area contributed by atoms with Crippen LogP contribution in [0.1, 0.15) is 37.0 Å². The minimum Gasteiger partial charge on any atom is -0.489 e. The van der Waals surface area contributed by atoms with Gasteiger partial charge in [0.15, 0.2) is 11.5 Å². The highest BCUT2D eigenvalue weighted by Crippen LogP contribution is 2.34. The van der Waals surface area contributed by atoms with E-state index < -0.39 is 0 Å². The molecule has 8 nitrogen and oxygen atoms in total. The Morgan fingerprint density at radius 2 is 1.84 bits per heavy atom. The zero-order chi connectivity index (χ0) is 24.8. The maximum absolute atomic E-state index is 6.24. The number of rotatable bonds is 5. The van der Waals surface area contributed by atoms with Crippen LogP contribution in [0.2, 0.25) is 0 Å². The Hall–Kier alpha value is -4.11. The highest BCUT2D eigenvalue weighted by molar-refractivity contribution is 7.15. The minimum absolute atomic E-state index is 0.275. The number of imidazole rings is 1. The van der Waals surface area contributed by atoms with E-state index in [2.05, 4.69) is 55.3 Å². The molecule has 0 unspecified atom stereocenters. The van der Waals surface area contributed by atoms with Gasteiger partial charge in [0, 0.05) is 34.6 Å². The first-order valence-corrected chi connectivity index (χ1v) is 13.4. The lowest BCUT2D eigenvalue weighted by Gasteiger charge is -2.23. The van der Waals surface area contributed by atoms with E-state index in [0.29, 0.717) is 11.5 Å². The van der Waals surface area contributed by atoms with Gasteiger partial charge in [-0.3, -0.25) is 15.1 Å². The molecule has 6 aromatic heterocycles. The third kappa shape index (κ3) is 4.15. The van der Waals surface area contributed by atoms with Crippen LogP contribution < -0.4 is 4.74 Å². The molecule has 0 bridgehead atoms. The summed E-state index contributed by atoms with van der Waals surface area (Å²) in [5, 5.41) is 8.49. The molecule has 1 saturated carbocycles. The predicted octanol–water partition coefficient (Wildman–Crippen LogP) is 6.71. The molecule has 0 spiro atoms. The summed E-state index contributed by atoms with van der Waals surface area (Å²) in [4.78, 5) is 24.4. The van der Waals surface area contributed by atoms with E-state index in [4.69, 9.17) is 9.72 Å². The summed E-state index contributed by atoms with van der Waals surface area (Å²) in [6, 6.07) is 10.3. The van der Waals surface area contributed by atoms with Crippen LogP contribution in [0.3, 0.4) is 0 Å². The van der Waals surface area contributed by atoms with E-state index >= 15 is 0 Å². The monoisotopic (exact) mass is 507 g/mol. The van der Waals surface area contributed by atoms with Crippen LogP contribution in [0, 0.1) is 6.92 Å². The van der Waals surface area contributed by atoms with Gasteiger partial charge in [-0.05, 0) is 62.9 Å². The highest BCUT2D eigenvalue weighted by atomic mass is 32.1. The van der Waals surface area contributed by atoms with Crippen LogP contribution in [-0.2, 0) is 0 Å². The second-order valence-corrected chi connectivity index (χ2v) is 10.8. The molecule has 1 aliphatic rings. The highest BCUT2D eigenvalue weighted by Gasteiger charge is 2.18. The van der Waals surface area contributed by atoms with Gasteiger partial charge in [-0.25, -0.2) is 9.97 Å². The molecule has 1 aliphatic carbocycles. The van der Waals surface area contributed by atoms with Gasteiger partial charge >= 0.3 is 0 Å². The molecule has 7 rings (SSSR count). The summed E-state index contributed by atoms with van der Waals surface area (Å²) < 4.78 is 6.24. The Kier molecular flexibility index (Phi) is 5.43. The van der Waals surface area contributed by atoms with Crippen LogP contribution in [0.15, 0.2) is 55.1 Å². The van der Waals surface area contributed by atoms with Crippen molar-refractivity contribution >= 4 is 33.4 Å². The molecule has 2 N–H and O–H groups in total. The van der Waals surface area contributed by atoms with Crippen molar-refractivity contribution in [2.45, 2.75) is 45.1 Å². The fourth-order valence-corrected chi connectivity index (χ4v) is 5.91. The van der Waals surface area contributed by atoms with Crippen molar-refractivity contribution in [3.63, 3.8) is 0 Å². The van der Waals surface area contributed by atoms with Gasteiger partial charge in [0.2, 0.25) is 0 Å². The number of aromatic nitrogens is 7. The Morgan fingerprint density at radius 1 is 0.946 bits per heavy atom. The van der Waals surface area contributed by atoms with Crippen molar-refractivity contribution in [2.75, 3.05) is 0 Å². The standard InChI is InChI=1S/C28H25N7OS/c1-16-7-8-23(37-16)26-25-22(9-10-30-26)32-28(33-25)24-21-12-18(14-31-27(21)35-34-24)17-11-20(15-29-13-17)36-19-5-3-2-4-6-19/h7-15,19H,2-6H2,1H3,(H,32,33)(H,31,34,35). The Bertz CT molecular complexity index is 1730. The second kappa shape index (κ2) is 9.08. The SMILES string of the molecule is Cc1ccc(-c2nccc3[nH]c(-c4n[nH]c5ncc(-c6cncc(OC7CCCCC7)c6)cc45)nc23)s1. The molecular weight excluding hydrogens is 482 g/mol. The number of hydrogen-bond acceptors (Lipinski definition) is 7. The van der Waals surface area contributed by atoms with Gasteiger partial charge in [0.1, 0.15) is 22.7 Å². The molecule has 1 fully saturated rings. The lowest BCUT2D eigenvalue weighted by atomic mass is 9.98. The van der Waals surface area contributed by atoms with Gasteiger partial charge in [-0.15, -0.1) is 11.3 Å². The molecule has 0 radical (unpaired) electrons. The van der Waals surface area contributed by atoms with Crippen LogP contribution in [-0.4, -0.2) is 41.2 Å². The number of ether oxygens (including phenoxy) is 1. The molecule has 9 heteroatoms. The van der Waals surface area contributed by atoms with E-state index in [-0.39, 0.29) is 6.10 Å². The van der Waals surface area contributed by atoms with Gasteiger partial charge in [0.25, 0.3) is 0 Å². The average molecular weight is 508 g/mol. The summed E-state index contributed by atoms with van der Waals surface area (Å²) in [5.41, 5.74) is 5.95. The summed E-state index contributed by atoms with van der Waals surface area (Å²) >= 11 is 1.71. The lowest BCUT2D eigenvalue weighted by Crippen LogP contribution is -2.19. The van der Waals surface area contributed by atoms with Crippen LogP contribution in [0.5, 0.6) is 5.75 Å². The minimum atomic E-state index is 0.275. The number of aryl methyl sites for hydroxylation is 1. The largest absolute Gasteiger partial charge is 0.489 e. The molecule has 184 valence electrons. The number of H-pyrrole nitrogens is 2. The normalized spacial score (nSPS) is 14.5. The fraction of sp³-hybridized carbons (Fsp3) is 0.250. The molecule has 0 aromatic carbocycles. The van der Waals surface area contributed by atoms with Crippen molar-refractivity contribution in [1.29, 1.82) is 0 Å². The zero-order valence-corrected chi connectivity index (χ0v) is 21.2. The summed E-state index contributed by atoms with van der Waals surface area (Å²) in [7, 11) is 0. The smallest absolute Gasteiger partial charge is 0.159 e. The van der Waals surface area contributed by atoms with Crippen molar-refractivity contribution < 1.29 is 4.74 Å². The summed E-state index contributed by atoms with van der Waals surface area (Å²) in [6.07, 6.45) is 13.5. The van der Waals surface area contributed by atoms with Crippen molar-refractivity contribution in [3.05, 3.63) is 60.0 Å². The molecule has 0 amide bonds. The number of nitrogens with zero attached hydrogens (tertiary/aromatic N) is 5. The van der Waals surface area contributed by atoms with E-state index in [0.717, 1.165) is 62.4 Å². The number of pyridine rings is 3. The van der Waals surface area contributed by atoms with Crippen LogP contribution in [0.4, 0.5) is 0 Å². The maximum Gasteiger partial charge on any atom is 0.159 e. The molecule has 37 heavy (non-hydrogen) atoms. The third-order valence-corrected chi connectivity index (χ3v) is 7.92. The number of nitrogens with one attached hydrogen (secondary N) is 2. The molecule has 0 saturated heterocycles. The van der Waals surface area contributed by atoms with Gasteiger partial charge in [-0.2, -0.15) is 5.10 Å². The van der Waals surface area contributed by atoms with Crippen molar-refractivity contribution in [1.82, 2.24) is 35.1 Å². The topological polar surface area (TPSA) is 105 Å². The zero-order valence-electron chi connectivity index (χ0n) is 20.4. The second-order valence-electron chi connectivity index (χ2n) is 9.53. The maximum atomic E-state index is 6.24. The Balaban J connectivity index is 1.26. The molecular formula is C28H25N7OS. The van der Waals surface area contributed by atoms with E-state index in [1.165, 1.54) is 24.1 Å². The predicted molar refractivity (Wildman–Crippen MR) is 146 cm³/mol. The fourth-order valence-electron chi connectivity index (χ4n) is 5.05. The summed E-state index contributed by atoms with van der Waals surface area (Å²) in [6.45, 7) is 2.10. The Labute approximate surface area is 217 Å². The number of hydrogen-bond donors (Lipinski definition) is 2. The number of fused-ring (bicyclic) bond motifs is 2. The van der Waals surface area contributed by atoms with Crippen molar-refractivity contribution in [2.24, 2.45) is 0 Å². The first-order chi connectivity index (χ1) is 18.2. The number of aromatic amines is 2. The first-order valence-electron chi connectivity index (χ1n) is 12.6. The van der Waals surface area contributed by atoms with Crippen molar-refractivity contribution in [3.8, 4) is 39.0 Å². The third-order valence-electron chi connectivity index (χ3n) is 6.92. The van der Waals surface area contributed by atoms with Crippen LogP contribution >= 0.6 is 11.3 Å².